The van der Waals surface area contributed by atoms with Crippen molar-refractivity contribution in [1.29, 1.82) is 0 Å². The maximum Gasteiger partial charge on any atom is 0.114 e. The van der Waals surface area contributed by atoms with Crippen LogP contribution in [0.15, 0.2) is 36.5 Å². The molecule has 0 saturated heterocycles. The van der Waals surface area contributed by atoms with E-state index in [2.05, 4.69) is 60.2 Å². The summed E-state index contributed by atoms with van der Waals surface area (Å²) in [5, 5.41) is 10.4. The van der Waals surface area contributed by atoms with Gasteiger partial charge >= 0.3 is 0 Å². The van der Waals surface area contributed by atoms with Crippen molar-refractivity contribution in [2.24, 2.45) is 5.92 Å². The maximum atomic E-state index is 4.67. The third-order valence-electron chi connectivity index (χ3n) is 5.71. The van der Waals surface area contributed by atoms with Gasteiger partial charge in [0.25, 0.3) is 0 Å². The summed E-state index contributed by atoms with van der Waals surface area (Å²) in [6, 6.07) is 10.5. The zero-order valence-electron chi connectivity index (χ0n) is 14.1. The summed E-state index contributed by atoms with van der Waals surface area (Å²) in [7, 11) is 0. The molecule has 1 atom stereocenters. The minimum atomic E-state index is 0.190. The predicted octanol–water partition coefficient (Wildman–Crippen LogP) is 4.87. The molecule has 3 nitrogen and oxygen atoms in total. The van der Waals surface area contributed by atoms with Gasteiger partial charge in [0, 0.05) is 28.3 Å². The summed E-state index contributed by atoms with van der Waals surface area (Å²) >= 11 is 0. The van der Waals surface area contributed by atoms with E-state index in [9.17, 15) is 0 Å². The fraction of sp³-hybridized carbons (Fsp3) is 0.400. The Labute approximate surface area is 137 Å². The van der Waals surface area contributed by atoms with Gasteiger partial charge in [-0.05, 0) is 36.6 Å². The van der Waals surface area contributed by atoms with Crippen molar-refractivity contribution < 1.29 is 0 Å². The van der Waals surface area contributed by atoms with Crippen molar-refractivity contribution in [3.05, 3.63) is 47.8 Å². The Kier molecular flexibility index (Phi) is 3.26. The Morgan fingerprint density at radius 2 is 1.96 bits per heavy atom. The van der Waals surface area contributed by atoms with Gasteiger partial charge in [0.05, 0.1) is 5.69 Å². The fourth-order valence-electron chi connectivity index (χ4n) is 3.84. The topological polar surface area (TPSA) is 41.6 Å². The first kappa shape index (κ1) is 14.4. The van der Waals surface area contributed by atoms with Gasteiger partial charge in [-0.15, -0.1) is 0 Å². The van der Waals surface area contributed by atoms with E-state index in [0.29, 0.717) is 5.92 Å². The molecule has 118 valence electrons. The van der Waals surface area contributed by atoms with E-state index in [4.69, 9.17) is 0 Å². The van der Waals surface area contributed by atoms with Crippen LogP contribution in [0.3, 0.4) is 0 Å². The number of nitrogens with one attached hydrogen (secondary N) is 1. The minimum Gasteiger partial charge on any atom is -0.281 e. The molecule has 23 heavy (non-hydrogen) atoms. The number of aromatic nitrogens is 3. The van der Waals surface area contributed by atoms with Crippen molar-refractivity contribution in [3.8, 4) is 11.4 Å². The number of nitrogens with zero attached hydrogens (tertiary/aromatic N) is 2. The lowest BCUT2D eigenvalue weighted by atomic mass is 9.68. The van der Waals surface area contributed by atoms with E-state index < -0.39 is 0 Å². The number of fused-ring (bicyclic) bond motifs is 2. The summed E-state index contributed by atoms with van der Waals surface area (Å²) in [6.07, 6.45) is 5.50. The normalized spacial score (nSPS) is 20.9. The lowest BCUT2D eigenvalue weighted by Crippen LogP contribution is -2.33. The second-order valence-electron chi connectivity index (χ2n) is 7.27. The van der Waals surface area contributed by atoms with E-state index >= 15 is 0 Å². The molecule has 0 aliphatic heterocycles. The molecule has 1 unspecified atom stereocenters. The Bertz CT molecular complexity index is 862. The number of aromatic amines is 1. The molecule has 3 heteroatoms. The molecule has 0 saturated carbocycles. The molecule has 1 aliphatic carbocycles. The van der Waals surface area contributed by atoms with Crippen LogP contribution in [0.5, 0.6) is 0 Å². The van der Waals surface area contributed by atoms with Crippen LogP contribution >= 0.6 is 0 Å². The summed E-state index contributed by atoms with van der Waals surface area (Å²) < 4.78 is 0. The highest BCUT2D eigenvalue weighted by Gasteiger charge is 2.38. The monoisotopic (exact) mass is 305 g/mol. The Morgan fingerprint density at radius 1 is 1.17 bits per heavy atom. The molecule has 0 bridgehead atoms. The molecule has 2 aromatic heterocycles. The average Bonchev–Trinajstić information content (AvgIpc) is 3.00. The highest BCUT2D eigenvalue weighted by atomic mass is 15.1. The van der Waals surface area contributed by atoms with E-state index in [1.54, 1.807) is 0 Å². The van der Waals surface area contributed by atoms with E-state index in [-0.39, 0.29) is 5.41 Å². The third-order valence-corrected chi connectivity index (χ3v) is 5.71. The van der Waals surface area contributed by atoms with Crippen LogP contribution in [0.2, 0.25) is 0 Å². The largest absolute Gasteiger partial charge is 0.281 e. The van der Waals surface area contributed by atoms with Crippen LogP contribution in [0.1, 0.15) is 44.9 Å². The third kappa shape index (κ3) is 2.18. The maximum absolute atomic E-state index is 4.67. The molecule has 0 spiro atoms. The Balaban J connectivity index is 1.85. The van der Waals surface area contributed by atoms with Gasteiger partial charge in [0.15, 0.2) is 0 Å². The van der Waals surface area contributed by atoms with Gasteiger partial charge in [-0.2, -0.15) is 5.10 Å². The molecule has 0 fully saturated rings. The van der Waals surface area contributed by atoms with Crippen molar-refractivity contribution >= 4 is 10.8 Å². The lowest BCUT2D eigenvalue weighted by Gasteiger charge is -2.37. The second kappa shape index (κ2) is 5.19. The van der Waals surface area contributed by atoms with Gasteiger partial charge in [0.2, 0.25) is 0 Å². The first-order chi connectivity index (χ1) is 11.1. The van der Waals surface area contributed by atoms with Gasteiger partial charge < -0.3 is 0 Å². The lowest BCUT2D eigenvalue weighted by molar-refractivity contribution is 0.282. The predicted molar refractivity (Wildman–Crippen MR) is 94.5 cm³/mol. The first-order valence-electron chi connectivity index (χ1n) is 8.52. The summed E-state index contributed by atoms with van der Waals surface area (Å²) in [6.45, 7) is 6.99. The molecule has 0 amide bonds. The summed E-state index contributed by atoms with van der Waals surface area (Å²) in [5.41, 5.74) is 4.90. The molecule has 0 radical (unpaired) electrons. The van der Waals surface area contributed by atoms with E-state index in [1.807, 2.05) is 12.3 Å². The van der Waals surface area contributed by atoms with Gasteiger partial charge in [-0.25, -0.2) is 0 Å². The van der Waals surface area contributed by atoms with Crippen molar-refractivity contribution in [2.45, 2.75) is 45.4 Å². The highest BCUT2D eigenvalue weighted by Crippen LogP contribution is 2.43. The number of H-pyrrole nitrogens is 1. The average molecular weight is 305 g/mol. The number of pyridine rings is 1. The van der Waals surface area contributed by atoms with Crippen LogP contribution in [-0.2, 0) is 11.8 Å². The molecular weight excluding hydrogens is 282 g/mol. The second-order valence-corrected chi connectivity index (χ2v) is 7.27. The highest BCUT2D eigenvalue weighted by molar-refractivity contribution is 5.85. The molecule has 4 rings (SSSR count). The van der Waals surface area contributed by atoms with Crippen LogP contribution in [-0.4, -0.2) is 15.2 Å². The number of rotatable bonds is 2. The van der Waals surface area contributed by atoms with Gasteiger partial charge in [-0.1, -0.05) is 45.0 Å². The fourth-order valence-corrected chi connectivity index (χ4v) is 3.84. The number of hydrogen-bond acceptors (Lipinski definition) is 2. The Morgan fingerprint density at radius 3 is 2.74 bits per heavy atom. The first-order valence-corrected chi connectivity index (χ1v) is 8.52. The minimum absolute atomic E-state index is 0.190. The zero-order chi connectivity index (χ0) is 16.0. The molecule has 3 aromatic rings. The number of benzene rings is 1. The summed E-state index contributed by atoms with van der Waals surface area (Å²) in [4.78, 5) is 4.67. The smallest absolute Gasteiger partial charge is 0.114 e. The molecule has 2 heterocycles. The standard InChI is InChI=1S/C20H23N3/c1-13(2)20(3)10-6-9-16-18(22-23-19(16)20)17-11-14-7-4-5-8-15(14)12-21-17/h4-5,7-8,11-13H,6,9-10H2,1-3H3,(H,22,23). The Hall–Kier alpha value is -2.16. The van der Waals surface area contributed by atoms with Crippen molar-refractivity contribution in [1.82, 2.24) is 15.2 Å². The van der Waals surface area contributed by atoms with E-state index in [1.165, 1.54) is 34.9 Å². The molecule has 1 aromatic carbocycles. The summed E-state index contributed by atoms with van der Waals surface area (Å²) in [5.74, 6) is 0.597. The van der Waals surface area contributed by atoms with E-state index in [0.717, 1.165) is 17.8 Å². The van der Waals surface area contributed by atoms with Crippen LogP contribution in [0, 0.1) is 5.92 Å². The SMILES string of the molecule is CC(C)C1(C)CCCc2c(-c3cc4ccccc4cn3)n[nH]c21. The number of hydrogen-bond donors (Lipinski definition) is 1. The van der Waals surface area contributed by atoms with Crippen LogP contribution < -0.4 is 0 Å². The van der Waals surface area contributed by atoms with Crippen molar-refractivity contribution in [3.63, 3.8) is 0 Å². The van der Waals surface area contributed by atoms with Gasteiger partial charge in [0.1, 0.15) is 5.69 Å². The molecule has 1 N–H and O–H groups in total. The van der Waals surface area contributed by atoms with Crippen molar-refractivity contribution in [2.75, 3.05) is 0 Å². The quantitative estimate of drug-likeness (QED) is 0.733. The van der Waals surface area contributed by atoms with Crippen LogP contribution in [0.4, 0.5) is 0 Å². The zero-order valence-corrected chi connectivity index (χ0v) is 14.1. The van der Waals surface area contributed by atoms with Gasteiger partial charge in [-0.3, -0.25) is 10.1 Å². The van der Waals surface area contributed by atoms with Crippen LogP contribution in [0.25, 0.3) is 22.2 Å². The molecule has 1 aliphatic rings. The molecular formula is C20H23N3.